The van der Waals surface area contributed by atoms with Gasteiger partial charge in [0.1, 0.15) is 0 Å². The monoisotopic (exact) mass is 278 g/mol. The Balaban J connectivity index is 2.64. The highest BCUT2D eigenvalue weighted by molar-refractivity contribution is 7.77. The Kier molecular flexibility index (Phi) is 6.46. The molecule has 0 heterocycles. The molecule has 0 saturated heterocycles. The standard InChI is InChI=1S/C6H9BN2O6S2/c10-16(11)8-14-7(15-9-17(12)13)6-4-2-1-3-5-6/h1-5,8-9H,(H,10,11)(H,12,13)/p-2. The molecule has 0 aliphatic heterocycles. The molecule has 94 valence electrons. The van der Waals surface area contributed by atoms with Gasteiger partial charge in [-0.25, -0.2) is 0 Å². The van der Waals surface area contributed by atoms with E-state index >= 15 is 0 Å². The van der Waals surface area contributed by atoms with E-state index in [-0.39, 0.29) is 0 Å². The second kappa shape index (κ2) is 7.63. The molecule has 0 aliphatic carbocycles. The molecule has 0 spiro atoms. The van der Waals surface area contributed by atoms with E-state index in [9.17, 15) is 17.5 Å². The van der Waals surface area contributed by atoms with E-state index in [2.05, 4.69) is 9.51 Å². The number of hydrogen-bond donors (Lipinski definition) is 2. The van der Waals surface area contributed by atoms with Gasteiger partial charge in [-0.3, -0.25) is 8.42 Å². The van der Waals surface area contributed by atoms with Crippen LogP contribution >= 0.6 is 0 Å². The minimum atomic E-state index is -2.66. The summed E-state index contributed by atoms with van der Waals surface area (Å²) in [6.45, 7) is 0. The van der Waals surface area contributed by atoms with E-state index in [0.717, 1.165) is 0 Å². The maximum absolute atomic E-state index is 10.2. The molecule has 2 N–H and O–H groups in total. The predicted octanol–water partition coefficient (Wildman–Crippen LogP) is -1.99. The zero-order valence-electron chi connectivity index (χ0n) is 8.23. The van der Waals surface area contributed by atoms with Crippen LogP contribution in [0.5, 0.6) is 0 Å². The molecule has 2 unspecified atom stereocenters. The molecule has 0 amide bonds. The van der Waals surface area contributed by atoms with Gasteiger partial charge in [-0.2, -0.15) is 0 Å². The molecule has 1 rings (SSSR count). The quantitative estimate of drug-likeness (QED) is 0.338. The molecular formula is C6H7BN2O6S2-2. The lowest BCUT2D eigenvalue weighted by atomic mass is 9.80. The minimum absolute atomic E-state index is 0.420. The van der Waals surface area contributed by atoms with Gasteiger partial charge >= 0.3 is 7.12 Å². The van der Waals surface area contributed by atoms with Crippen LogP contribution in [0, 0.1) is 0 Å². The summed E-state index contributed by atoms with van der Waals surface area (Å²) in [6, 6.07) is 8.15. The number of benzene rings is 1. The summed E-state index contributed by atoms with van der Waals surface area (Å²) in [7, 11) is -1.24. The first-order valence-electron chi connectivity index (χ1n) is 4.15. The summed E-state index contributed by atoms with van der Waals surface area (Å²) in [5.74, 6) is 0. The van der Waals surface area contributed by atoms with Crippen LogP contribution in [0.2, 0.25) is 0 Å². The molecule has 0 radical (unpaired) electrons. The summed E-state index contributed by atoms with van der Waals surface area (Å²) in [4.78, 5) is 3.24. The van der Waals surface area contributed by atoms with Crippen LogP contribution in [-0.2, 0) is 32.0 Å². The third-order valence-corrected chi connectivity index (χ3v) is 1.98. The first kappa shape index (κ1) is 14.4. The van der Waals surface area contributed by atoms with Crippen molar-refractivity contribution in [3.63, 3.8) is 0 Å². The maximum atomic E-state index is 10.2. The van der Waals surface area contributed by atoms with Gasteiger partial charge in [0.05, 0.1) is 0 Å². The fourth-order valence-corrected chi connectivity index (χ4v) is 1.27. The second-order valence-corrected chi connectivity index (χ2v) is 3.89. The summed E-state index contributed by atoms with van der Waals surface area (Å²) >= 11 is -5.32. The molecule has 11 heteroatoms. The van der Waals surface area contributed by atoms with Crippen LogP contribution < -0.4 is 15.2 Å². The van der Waals surface area contributed by atoms with Crippen molar-refractivity contribution in [1.29, 1.82) is 0 Å². The molecule has 0 aromatic heterocycles. The van der Waals surface area contributed by atoms with Gasteiger partial charge in [-0.15, -0.1) is 9.77 Å². The van der Waals surface area contributed by atoms with Crippen molar-refractivity contribution < 1.29 is 27.0 Å². The lowest BCUT2D eigenvalue weighted by Gasteiger charge is -2.16. The van der Waals surface area contributed by atoms with Crippen molar-refractivity contribution in [2.24, 2.45) is 0 Å². The molecule has 1 aromatic carbocycles. The van der Waals surface area contributed by atoms with Gasteiger partial charge in [-0.1, -0.05) is 30.3 Å². The summed E-state index contributed by atoms with van der Waals surface area (Å²) < 4.78 is 50.2. The first-order chi connectivity index (χ1) is 8.09. The predicted molar refractivity (Wildman–Crippen MR) is 58.1 cm³/mol. The second-order valence-electron chi connectivity index (χ2n) is 2.61. The molecule has 0 aliphatic rings. The maximum Gasteiger partial charge on any atom is 0.529 e. The van der Waals surface area contributed by atoms with Crippen LogP contribution in [0.15, 0.2) is 30.3 Å². The van der Waals surface area contributed by atoms with E-state index < -0.39 is 29.7 Å². The van der Waals surface area contributed by atoms with Crippen molar-refractivity contribution in [2.75, 3.05) is 0 Å². The Morgan fingerprint density at radius 2 is 1.47 bits per heavy atom. The topological polar surface area (TPSA) is 123 Å². The van der Waals surface area contributed by atoms with Gasteiger partial charge in [0, 0.05) is 22.5 Å². The molecule has 0 fully saturated rings. The Labute approximate surface area is 103 Å². The van der Waals surface area contributed by atoms with Crippen molar-refractivity contribution in [2.45, 2.75) is 0 Å². The summed E-state index contributed by atoms with van der Waals surface area (Å²) in [5, 5.41) is 0. The smallest absolute Gasteiger partial charge is 0.529 e. The number of rotatable bonds is 7. The van der Waals surface area contributed by atoms with Gasteiger partial charge < -0.3 is 18.6 Å². The lowest BCUT2D eigenvalue weighted by molar-refractivity contribution is 0.156. The molecular weight excluding hydrogens is 271 g/mol. The number of nitrogens with one attached hydrogen (secondary N) is 2. The van der Waals surface area contributed by atoms with Crippen LogP contribution in [0.4, 0.5) is 0 Å². The summed E-state index contributed by atoms with van der Waals surface area (Å²) in [6.07, 6.45) is 0. The van der Waals surface area contributed by atoms with Crippen molar-refractivity contribution in [3.8, 4) is 0 Å². The molecule has 0 saturated carbocycles. The first-order valence-corrected chi connectivity index (χ1v) is 6.30. The van der Waals surface area contributed by atoms with Gasteiger partial charge in [0.25, 0.3) is 0 Å². The Morgan fingerprint density at radius 1 is 1.00 bits per heavy atom. The largest absolute Gasteiger partial charge is 0.758 e. The summed E-state index contributed by atoms with van der Waals surface area (Å²) in [5.41, 5.74) is 0.420. The third kappa shape index (κ3) is 6.00. The Morgan fingerprint density at radius 3 is 1.88 bits per heavy atom. The SMILES string of the molecule is O=S([O-])NOB(ONS(=O)[O-])c1ccccc1. The van der Waals surface area contributed by atoms with E-state index in [4.69, 9.17) is 0 Å². The molecule has 1 aromatic rings. The highest BCUT2D eigenvalue weighted by Crippen LogP contribution is 1.91. The molecule has 2 atom stereocenters. The molecule has 0 bridgehead atoms. The minimum Gasteiger partial charge on any atom is -0.758 e. The van der Waals surface area contributed by atoms with Crippen LogP contribution in [0.1, 0.15) is 0 Å². The lowest BCUT2D eigenvalue weighted by Crippen LogP contribution is -2.45. The molecule has 8 nitrogen and oxygen atoms in total. The highest BCUT2D eigenvalue weighted by Gasteiger charge is 2.22. The van der Waals surface area contributed by atoms with Gasteiger partial charge in [0.15, 0.2) is 0 Å². The average Bonchev–Trinajstić information content (AvgIpc) is 2.29. The van der Waals surface area contributed by atoms with Gasteiger partial charge in [0.2, 0.25) is 0 Å². The third-order valence-electron chi connectivity index (χ3n) is 1.52. The van der Waals surface area contributed by atoms with Crippen molar-refractivity contribution >= 4 is 35.1 Å². The van der Waals surface area contributed by atoms with E-state index in [1.807, 2.05) is 0 Å². The number of hydrogen-bond acceptors (Lipinski definition) is 6. The van der Waals surface area contributed by atoms with Crippen molar-refractivity contribution in [1.82, 2.24) is 9.77 Å². The van der Waals surface area contributed by atoms with E-state index in [0.29, 0.717) is 5.46 Å². The normalized spacial score (nSPS) is 14.2. The fourth-order valence-electron chi connectivity index (χ4n) is 0.936. The van der Waals surface area contributed by atoms with Crippen LogP contribution in [0.25, 0.3) is 0 Å². The van der Waals surface area contributed by atoms with Crippen LogP contribution in [0.3, 0.4) is 0 Å². The zero-order valence-corrected chi connectivity index (χ0v) is 9.86. The Hall–Kier alpha value is -0.655. The van der Waals surface area contributed by atoms with Crippen LogP contribution in [-0.4, -0.2) is 24.6 Å². The Bertz CT molecular complexity index is 375. The average molecular weight is 278 g/mol. The fraction of sp³-hybridized carbons (Fsp3) is 0. The van der Waals surface area contributed by atoms with E-state index in [1.54, 1.807) is 40.1 Å². The van der Waals surface area contributed by atoms with Crippen molar-refractivity contribution in [3.05, 3.63) is 30.3 Å². The zero-order chi connectivity index (χ0) is 12.7. The molecule has 17 heavy (non-hydrogen) atoms. The highest BCUT2D eigenvalue weighted by atomic mass is 32.2. The van der Waals surface area contributed by atoms with Gasteiger partial charge in [-0.05, 0) is 5.46 Å². The van der Waals surface area contributed by atoms with E-state index in [1.165, 1.54) is 0 Å².